The number of benzene rings is 1. The Hall–Kier alpha value is -2.32. The standard InChI is InChI=1S/C21H20N2O4S2/c24-17(14-4-5-18-19(7-14)27-12-26-18)11-29-21(28)22-8-13-6-15(10-22)16-2-1-3-20(25)23(16)9-13/h1-5,7,13,15H,6,8-12H2/t13-,15+/m0/s1. The first-order valence-electron chi connectivity index (χ1n) is 9.63. The predicted octanol–water partition coefficient (Wildman–Crippen LogP) is 2.90. The lowest BCUT2D eigenvalue weighted by molar-refractivity contribution is 0.102. The smallest absolute Gasteiger partial charge is 0.250 e. The minimum atomic E-state index is 0.0183. The molecule has 4 heterocycles. The summed E-state index contributed by atoms with van der Waals surface area (Å²) < 4.78 is 13.3. The van der Waals surface area contributed by atoms with Crippen molar-refractivity contribution in [1.82, 2.24) is 9.47 Å². The van der Waals surface area contributed by atoms with E-state index in [4.69, 9.17) is 21.7 Å². The van der Waals surface area contributed by atoms with Gasteiger partial charge in [-0.05, 0) is 36.6 Å². The Morgan fingerprint density at radius 3 is 2.90 bits per heavy atom. The van der Waals surface area contributed by atoms with E-state index in [1.165, 1.54) is 11.8 Å². The fraction of sp³-hybridized carbons (Fsp3) is 0.381. The zero-order valence-electron chi connectivity index (χ0n) is 15.7. The first-order chi connectivity index (χ1) is 14.1. The number of hydrogen-bond donors (Lipinski definition) is 0. The third kappa shape index (κ3) is 3.55. The van der Waals surface area contributed by atoms with Crippen LogP contribution in [0.3, 0.4) is 0 Å². The van der Waals surface area contributed by atoms with Crippen LogP contribution < -0.4 is 15.0 Å². The molecule has 0 amide bonds. The number of aromatic nitrogens is 1. The number of hydrogen-bond acceptors (Lipinski definition) is 6. The normalized spacial score (nSPS) is 21.6. The van der Waals surface area contributed by atoms with E-state index in [2.05, 4.69) is 4.90 Å². The minimum Gasteiger partial charge on any atom is -0.454 e. The fourth-order valence-electron chi connectivity index (χ4n) is 4.42. The summed E-state index contributed by atoms with van der Waals surface area (Å²) in [6, 6.07) is 10.8. The zero-order valence-corrected chi connectivity index (χ0v) is 17.3. The van der Waals surface area contributed by atoms with Gasteiger partial charge in [-0.25, -0.2) is 0 Å². The van der Waals surface area contributed by atoms with Crippen LogP contribution in [0, 0.1) is 5.92 Å². The van der Waals surface area contributed by atoms with E-state index >= 15 is 0 Å². The summed E-state index contributed by atoms with van der Waals surface area (Å²) in [5.74, 6) is 2.30. The molecule has 0 spiro atoms. The quantitative estimate of drug-likeness (QED) is 0.550. The second kappa shape index (κ2) is 7.50. The monoisotopic (exact) mass is 428 g/mol. The molecular formula is C21H20N2O4S2. The van der Waals surface area contributed by atoms with Crippen molar-refractivity contribution in [2.45, 2.75) is 18.9 Å². The van der Waals surface area contributed by atoms with Crippen molar-refractivity contribution in [3.8, 4) is 11.5 Å². The van der Waals surface area contributed by atoms with Crippen molar-refractivity contribution >= 4 is 34.1 Å². The number of Topliss-reactive ketones (excluding diaryl/α,β-unsaturated/α-hetero) is 1. The molecule has 2 aromatic rings. The van der Waals surface area contributed by atoms with Crippen LogP contribution >= 0.6 is 24.0 Å². The van der Waals surface area contributed by atoms with Crippen molar-refractivity contribution in [3.63, 3.8) is 0 Å². The van der Waals surface area contributed by atoms with Gasteiger partial charge in [0.25, 0.3) is 5.56 Å². The molecule has 5 rings (SSSR count). The number of piperidine rings is 1. The van der Waals surface area contributed by atoms with Crippen molar-refractivity contribution in [1.29, 1.82) is 0 Å². The van der Waals surface area contributed by atoms with Crippen LogP contribution in [0.1, 0.15) is 28.4 Å². The number of pyridine rings is 1. The van der Waals surface area contributed by atoms with Gasteiger partial charge in [0, 0.05) is 42.9 Å². The number of thioether (sulfide) groups is 1. The molecule has 3 aliphatic heterocycles. The van der Waals surface area contributed by atoms with Crippen molar-refractivity contribution < 1.29 is 14.3 Å². The van der Waals surface area contributed by atoms with Crippen molar-refractivity contribution in [3.05, 3.63) is 58.0 Å². The Balaban J connectivity index is 1.23. The number of carbonyl (C=O) groups excluding carboxylic acids is 1. The largest absolute Gasteiger partial charge is 0.454 e. The number of rotatable bonds is 3. The van der Waals surface area contributed by atoms with Crippen LogP contribution in [-0.4, -0.2) is 45.2 Å². The van der Waals surface area contributed by atoms with Gasteiger partial charge in [-0.15, -0.1) is 0 Å². The van der Waals surface area contributed by atoms with Crippen molar-refractivity contribution in [2.24, 2.45) is 5.92 Å². The molecular weight excluding hydrogens is 408 g/mol. The first-order valence-corrected chi connectivity index (χ1v) is 11.0. The van der Waals surface area contributed by atoms with E-state index in [1.54, 1.807) is 24.3 Å². The summed E-state index contributed by atoms with van der Waals surface area (Å²) in [5, 5.41) is 0. The van der Waals surface area contributed by atoms with Gasteiger partial charge in [0.05, 0.1) is 5.75 Å². The summed E-state index contributed by atoms with van der Waals surface area (Å²) >= 11 is 7.06. The summed E-state index contributed by atoms with van der Waals surface area (Å²) in [4.78, 5) is 27.0. The topological polar surface area (TPSA) is 60.8 Å². The van der Waals surface area contributed by atoms with Gasteiger partial charge >= 0.3 is 0 Å². The molecule has 0 saturated carbocycles. The Morgan fingerprint density at radius 1 is 1.14 bits per heavy atom. The third-order valence-electron chi connectivity index (χ3n) is 5.76. The van der Waals surface area contributed by atoms with Crippen LogP contribution in [0.25, 0.3) is 0 Å². The molecule has 3 aliphatic rings. The first kappa shape index (κ1) is 18.7. The van der Waals surface area contributed by atoms with Gasteiger partial charge < -0.3 is 18.9 Å². The molecule has 6 nitrogen and oxygen atoms in total. The molecule has 0 N–H and O–H groups in total. The lowest BCUT2D eigenvalue weighted by Gasteiger charge is -2.43. The van der Waals surface area contributed by atoms with Crippen LogP contribution in [0.2, 0.25) is 0 Å². The second-order valence-corrected chi connectivity index (χ2v) is 9.26. The highest BCUT2D eigenvalue weighted by molar-refractivity contribution is 8.23. The lowest BCUT2D eigenvalue weighted by atomic mass is 9.83. The Morgan fingerprint density at radius 2 is 2.00 bits per heavy atom. The van der Waals surface area contributed by atoms with E-state index < -0.39 is 0 Å². The van der Waals surface area contributed by atoms with E-state index in [0.717, 1.165) is 36.1 Å². The molecule has 0 radical (unpaired) electrons. The van der Waals surface area contributed by atoms with Crippen LogP contribution in [0.4, 0.5) is 0 Å². The lowest BCUT2D eigenvalue weighted by Crippen LogP contribution is -2.48. The van der Waals surface area contributed by atoms with Crippen LogP contribution in [0.5, 0.6) is 11.5 Å². The summed E-state index contributed by atoms with van der Waals surface area (Å²) in [5.41, 5.74) is 1.79. The maximum atomic E-state index is 12.6. The maximum Gasteiger partial charge on any atom is 0.250 e. The molecule has 1 saturated heterocycles. The van der Waals surface area contributed by atoms with Gasteiger partial charge in [-0.2, -0.15) is 0 Å². The van der Waals surface area contributed by atoms with E-state index in [0.29, 0.717) is 34.7 Å². The molecule has 150 valence electrons. The molecule has 1 aromatic carbocycles. The van der Waals surface area contributed by atoms with Gasteiger partial charge in [0.1, 0.15) is 4.32 Å². The Labute approximate surface area is 177 Å². The minimum absolute atomic E-state index is 0.0183. The number of fused-ring (bicyclic) bond motifs is 5. The maximum absolute atomic E-state index is 12.6. The molecule has 29 heavy (non-hydrogen) atoms. The Bertz CT molecular complexity index is 1050. The predicted molar refractivity (Wildman–Crippen MR) is 115 cm³/mol. The van der Waals surface area contributed by atoms with Gasteiger partial charge in [0.15, 0.2) is 17.3 Å². The number of carbonyl (C=O) groups is 1. The zero-order chi connectivity index (χ0) is 20.0. The number of ether oxygens (including phenoxy) is 2. The number of thiocarbonyl (C=S) groups is 1. The molecule has 2 atom stereocenters. The Kier molecular flexibility index (Phi) is 4.83. The average molecular weight is 429 g/mol. The van der Waals surface area contributed by atoms with Gasteiger partial charge in [-0.1, -0.05) is 30.0 Å². The molecule has 0 unspecified atom stereocenters. The van der Waals surface area contributed by atoms with E-state index in [-0.39, 0.29) is 18.1 Å². The van der Waals surface area contributed by atoms with Crippen molar-refractivity contribution in [2.75, 3.05) is 25.6 Å². The molecule has 0 aliphatic carbocycles. The summed E-state index contributed by atoms with van der Waals surface area (Å²) in [7, 11) is 0. The van der Waals surface area contributed by atoms with E-state index in [9.17, 15) is 9.59 Å². The number of nitrogens with zero attached hydrogens (tertiary/aromatic N) is 2. The van der Waals surface area contributed by atoms with E-state index in [1.807, 2.05) is 16.7 Å². The molecule has 8 heteroatoms. The molecule has 1 aromatic heterocycles. The highest BCUT2D eigenvalue weighted by atomic mass is 32.2. The SMILES string of the molecule is O=C(CSC(=S)N1C[C@@H]2C[C@H](C1)c1cccc(=O)n1C2)c1ccc2c(c1)OCO2. The fourth-order valence-corrected chi connectivity index (χ4v) is 5.50. The van der Waals surface area contributed by atoms with Crippen LogP contribution in [-0.2, 0) is 6.54 Å². The van der Waals surface area contributed by atoms with Crippen LogP contribution in [0.15, 0.2) is 41.2 Å². The molecule has 2 bridgehead atoms. The third-order valence-corrected chi connectivity index (χ3v) is 7.28. The highest BCUT2D eigenvalue weighted by Crippen LogP contribution is 2.36. The van der Waals surface area contributed by atoms with Gasteiger partial charge in [0.2, 0.25) is 6.79 Å². The highest BCUT2D eigenvalue weighted by Gasteiger charge is 2.35. The summed E-state index contributed by atoms with van der Waals surface area (Å²) in [6.07, 6.45) is 1.09. The number of ketones is 1. The molecule has 1 fully saturated rings. The summed E-state index contributed by atoms with van der Waals surface area (Å²) in [6.45, 7) is 2.56. The average Bonchev–Trinajstić information content (AvgIpc) is 3.20. The number of likely N-dealkylation sites (tertiary alicyclic amines) is 1. The van der Waals surface area contributed by atoms with Gasteiger partial charge in [-0.3, -0.25) is 9.59 Å². The second-order valence-electron chi connectivity index (χ2n) is 7.65.